The van der Waals surface area contributed by atoms with E-state index in [0.717, 1.165) is 18.6 Å². The highest BCUT2D eigenvalue weighted by Crippen LogP contribution is 2.20. The van der Waals surface area contributed by atoms with Crippen LogP contribution in [0.15, 0.2) is 78.9 Å². The third kappa shape index (κ3) is 6.96. The Hall–Kier alpha value is -3.27. The second-order valence-corrected chi connectivity index (χ2v) is 7.62. The Bertz CT molecular complexity index is 938. The fraction of sp³-hybridized carbons (Fsp3) is 0.269. The maximum Gasteiger partial charge on any atom is 0.255 e. The molecule has 0 aromatic heterocycles. The molecule has 3 rings (SSSR count). The second kappa shape index (κ2) is 11.1. The van der Waals surface area contributed by atoms with Crippen LogP contribution in [-0.2, 0) is 6.42 Å². The molecule has 0 aliphatic carbocycles. The van der Waals surface area contributed by atoms with Crippen molar-refractivity contribution in [1.29, 1.82) is 0 Å². The van der Waals surface area contributed by atoms with Crippen LogP contribution in [0.4, 0.5) is 5.69 Å². The van der Waals surface area contributed by atoms with E-state index >= 15 is 0 Å². The van der Waals surface area contributed by atoms with Gasteiger partial charge in [-0.2, -0.15) is 0 Å². The van der Waals surface area contributed by atoms with Crippen molar-refractivity contribution in [3.63, 3.8) is 0 Å². The zero-order valence-electron chi connectivity index (χ0n) is 17.6. The lowest BCUT2D eigenvalue weighted by Gasteiger charge is -2.11. The van der Waals surface area contributed by atoms with Crippen molar-refractivity contribution >= 4 is 11.6 Å². The van der Waals surface area contributed by atoms with Gasteiger partial charge >= 0.3 is 0 Å². The summed E-state index contributed by atoms with van der Waals surface area (Å²) >= 11 is 0. The van der Waals surface area contributed by atoms with Gasteiger partial charge in [0, 0.05) is 23.7 Å². The summed E-state index contributed by atoms with van der Waals surface area (Å²) in [5.74, 6) is 1.85. The van der Waals surface area contributed by atoms with E-state index in [9.17, 15) is 4.79 Å². The number of benzene rings is 3. The first-order valence-corrected chi connectivity index (χ1v) is 10.4. The molecule has 1 amide bonds. The zero-order chi connectivity index (χ0) is 21.2. The lowest BCUT2D eigenvalue weighted by molar-refractivity contribution is 0.102. The molecule has 0 atom stereocenters. The van der Waals surface area contributed by atoms with Crippen molar-refractivity contribution in [2.45, 2.75) is 26.7 Å². The van der Waals surface area contributed by atoms with Crippen molar-refractivity contribution in [3.05, 3.63) is 90.0 Å². The molecule has 0 spiro atoms. The smallest absolute Gasteiger partial charge is 0.255 e. The highest BCUT2D eigenvalue weighted by atomic mass is 16.5. The number of rotatable bonds is 10. The fourth-order valence-electron chi connectivity index (χ4n) is 2.94. The molecule has 0 saturated heterocycles. The number of amides is 1. The van der Waals surface area contributed by atoms with Gasteiger partial charge in [0.2, 0.25) is 0 Å². The van der Waals surface area contributed by atoms with Crippen molar-refractivity contribution in [3.8, 4) is 11.5 Å². The van der Waals surface area contributed by atoms with E-state index in [1.54, 1.807) is 12.1 Å². The maximum atomic E-state index is 12.7. The van der Waals surface area contributed by atoms with Crippen LogP contribution >= 0.6 is 0 Å². The zero-order valence-corrected chi connectivity index (χ0v) is 17.6. The molecule has 0 heterocycles. The van der Waals surface area contributed by atoms with Gasteiger partial charge in [-0.05, 0) is 48.2 Å². The van der Waals surface area contributed by atoms with Gasteiger partial charge < -0.3 is 14.8 Å². The highest BCUT2D eigenvalue weighted by molar-refractivity contribution is 6.04. The van der Waals surface area contributed by atoms with Crippen LogP contribution in [0.5, 0.6) is 11.5 Å². The Kier molecular flexibility index (Phi) is 7.90. The number of nitrogens with one attached hydrogen (secondary N) is 1. The molecule has 0 radical (unpaired) electrons. The Labute approximate surface area is 178 Å². The van der Waals surface area contributed by atoms with Crippen molar-refractivity contribution < 1.29 is 14.3 Å². The molecular weight excluding hydrogens is 374 g/mol. The Morgan fingerprint density at radius 3 is 2.30 bits per heavy atom. The monoisotopic (exact) mass is 403 g/mol. The average molecular weight is 404 g/mol. The summed E-state index contributed by atoms with van der Waals surface area (Å²) in [5.41, 5.74) is 2.49. The summed E-state index contributed by atoms with van der Waals surface area (Å²) in [5, 5.41) is 2.93. The summed E-state index contributed by atoms with van der Waals surface area (Å²) in [7, 11) is 0. The van der Waals surface area contributed by atoms with E-state index in [-0.39, 0.29) is 5.91 Å². The Balaban J connectivity index is 1.54. The van der Waals surface area contributed by atoms with E-state index in [1.165, 1.54) is 5.56 Å². The van der Waals surface area contributed by atoms with E-state index in [2.05, 4.69) is 31.3 Å². The minimum absolute atomic E-state index is 0.175. The molecule has 0 aliphatic heterocycles. The van der Waals surface area contributed by atoms with Crippen molar-refractivity contribution in [2.75, 3.05) is 18.5 Å². The highest BCUT2D eigenvalue weighted by Gasteiger charge is 2.08. The number of carbonyl (C=O) groups is 1. The van der Waals surface area contributed by atoms with Gasteiger partial charge in [-0.25, -0.2) is 0 Å². The van der Waals surface area contributed by atoms with Gasteiger partial charge in [0.25, 0.3) is 5.91 Å². The molecule has 30 heavy (non-hydrogen) atoms. The molecule has 0 aliphatic rings. The Morgan fingerprint density at radius 2 is 1.53 bits per heavy atom. The first-order chi connectivity index (χ1) is 14.6. The van der Waals surface area contributed by atoms with Gasteiger partial charge in [0.05, 0.1) is 13.2 Å². The number of hydrogen-bond donors (Lipinski definition) is 1. The number of anilines is 1. The predicted molar refractivity (Wildman–Crippen MR) is 121 cm³/mol. The summed E-state index contributed by atoms with van der Waals surface area (Å²) in [6.07, 6.45) is 1.81. The average Bonchev–Trinajstić information content (AvgIpc) is 2.75. The molecule has 0 saturated carbocycles. The largest absolute Gasteiger partial charge is 0.494 e. The van der Waals surface area contributed by atoms with Gasteiger partial charge in [0.1, 0.15) is 11.5 Å². The van der Waals surface area contributed by atoms with Crippen LogP contribution in [0.25, 0.3) is 0 Å². The first kappa shape index (κ1) is 21.4. The van der Waals surface area contributed by atoms with Gasteiger partial charge in [-0.1, -0.05) is 56.3 Å². The molecule has 0 unspecified atom stereocenters. The maximum absolute atomic E-state index is 12.7. The third-order valence-electron chi connectivity index (χ3n) is 4.65. The molecule has 3 aromatic carbocycles. The minimum Gasteiger partial charge on any atom is -0.494 e. The summed E-state index contributed by atoms with van der Waals surface area (Å²) in [4.78, 5) is 12.7. The summed E-state index contributed by atoms with van der Waals surface area (Å²) in [6, 6.07) is 24.9. The predicted octanol–water partition coefficient (Wildman–Crippen LogP) is 5.99. The second-order valence-electron chi connectivity index (χ2n) is 7.62. The number of carbonyl (C=O) groups excluding carboxylic acids is 1. The number of ether oxygens (including phenoxy) is 2. The van der Waals surface area contributed by atoms with Crippen molar-refractivity contribution in [1.82, 2.24) is 0 Å². The molecule has 1 N–H and O–H groups in total. The van der Waals surface area contributed by atoms with E-state index < -0.39 is 0 Å². The van der Waals surface area contributed by atoms with E-state index in [1.807, 2.05) is 54.6 Å². The van der Waals surface area contributed by atoms with Gasteiger partial charge in [0.15, 0.2) is 0 Å². The molecular formula is C26H29NO3. The van der Waals surface area contributed by atoms with Crippen LogP contribution < -0.4 is 14.8 Å². The first-order valence-electron chi connectivity index (χ1n) is 10.4. The topological polar surface area (TPSA) is 47.6 Å². The van der Waals surface area contributed by atoms with Gasteiger partial charge in [-0.15, -0.1) is 0 Å². The van der Waals surface area contributed by atoms with Crippen molar-refractivity contribution in [2.24, 2.45) is 5.92 Å². The molecule has 3 aromatic rings. The number of hydrogen-bond acceptors (Lipinski definition) is 3. The standard InChI is InChI=1S/C26H29NO3/c1-20(2)14-16-29-24-12-6-10-22(18-24)26(28)27-23-11-7-13-25(19-23)30-17-15-21-8-4-3-5-9-21/h3-13,18-20H,14-17H2,1-2H3,(H,27,28). The minimum atomic E-state index is -0.175. The Morgan fingerprint density at radius 1 is 0.833 bits per heavy atom. The van der Waals surface area contributed by atoms with Crippen LogP contribution in [-0.4, -0.2) is 19.1 Å². The van der Waals surface area contributed by atoms with Crippen LogP contribution in [0.2, 0.25) is 0 Å². The molecule has 0 bridgehead atoms. The molecule has 156 valence electrons. The molecule has 0 fully saturated rings. The van der Waals surface area contributed by atoms with E-state index in [4.69, 9.17) is 9.47 Å². The summed E-state index contributed by atoms with van der Waals surface area (Å²) < 4.78 is 11.6. The van der Waals surface area contributed by atoms with E-state index in [0.29, 0.717) is 36.1 Å². The lowest BCUT2D eigenvalue weighted by atomic mass is 10.1. The fourth-order valence-corrected chi connectivity index (χ4v) is 2.94. The van der Waals surface area contributed by atoms with Crippen LogP contribution in [0, 0.1) is 5.92 Å². The van der Waals surface area contributed by atoms with Crippen LogP contribution in [0.1, 0.15) is 36.2 Å². The summed E-state index contributed by atoms with van der Waals surface area (Å²) in [6.45, 7) is 5.54. The third-order valence-corrected chi connectivity index (χ3v) is 4.65. The molecule has 4 heteroatoms. The molecule has 4 nitrogen and oxygen atoms in total. The quantitative estimate of drug-likeness (QED) is 0.453. The normalized spacial score (nSPS) is 10.6. The SMILES string of the molecule is CC(C)CCOc1cccc(C(=O)Nc2cccc(OCCc3ccccc3)c2)c1. The van der Waals surface area contributed by atoms with Crippen LogP contribution in [0.3, 0.4) is 0 Å². The lowest BCUT2D eigenvalue weighted by Crippen LogP contribution is -2.12. The van der Waals surface area contributed by atoms with Gasteiger partial charge in [-0.3, -0.25) is 4.79 Å².